The van der Waals surface area contributed by atoms with Crippen molar-refractivity contribution in [2.24, 2.45) is 4.99 Å². The minimum absolute atomic E-state index is 0.164. The highest BCUT2D eigenvalue weighted by Crippen LogP contribution is 2.23. The summed E-state index contributed by atoms with van der Waals surface area (Å²) in [6.07, 6.45) is 0. The van der Waals surface area contributed by atoms with E-state index in [0.29, 0.717) is 12.3 Å². The van der Waals surface area contributed by atoms with Gasteiger partial charge in [0.2, 0.25) is 0 Å². The summed E-state index contributed by atoms with van der Waals surface area (Å²) >= 11 is 3.42. The van der Waals surface area contributed by atoms with E-state index in [4.69, 9.17) is 0 Å². The molecule has 1 aliphatic heterocycles. The third-order valence-corrected chi connectivity index (χ3v) is 3.47. The number of benzene rings is 2. The summed E-state index contributed by atoms with van der Waals surface area (Å²) in [6.45, 7) is 0.570. The monoisotopic (exact) mass is 314 g/mol. The average molecular weight is 315 g/mol. The van der Waals surface area contributed by atoms with E-state index in [0.717, 1.165) is 21.3 Å². The minimum Gasteiger partial charge on any atom is -0.321 e. The molecule has 2 aromatic rings. The highest BCUT2D eigenvalue weighted by atomic mass is 79.9. The molecule has 3 rings (SSSR count). The summed E-state index contributed by atoms with van der Waals surface area (Å²) < 4.78 is 0.952. The van der Waals surface area contributed by atoms with Crippen LogP contribution in [0.1, 0.15) is 11.1 Å². The number of para-hydroxylation sites is 1. The maximum atomic E-state index is 12.2. The lowest BCUT2D eigenvalue weighted by atomic mass is 10.1. The van der Waals surface area contributed by atoms with Crippen LogP contribution in [0.25, 0.3) is 0 Å². The van der Waals surface area contributed by atoms with Gasteiger partial charge in [-0.3, -0.25) is 9.79 Å². The van der Waals surface area contributed by atoms with Gasteiger partial charge in [-0.15, -0.1) is 0 Å². The standard InChI is InChI=1S/C15H11BrN2O/c16-11-7-6-10-9-17-14(13(10)8-11)15(19)18-12-4-2-1-3-5-12/h1-8H,9H2,(H,18,19). The Labute approximate surface area is 119 Å². The van der Waals surface area contributed by atoms with Gasteiger partial charge in [0.05, 0.1) is 6.54 Å². The number of carbonyl (C=O) groups excluding carboxylic acids is 1. The lowest BCUT2D eigenvalue weighted by Gasteiger charge is -2.06. The third-order valence-electron chi connectivity index (χ3n) is 2.98. The van der Waals surface area contributed by atoms with Crippen LogP contribution in [0.5, 0.6) is 0 Å². The predicted molar refractivity (Wildman–Crippen MR) is 79.5 cm³/mol. The van der Waals surface area contributed by atoms with Gasteiger partial charge in [-0.1, -0.05) is 40.2 Å². The van der Waals surface area contributed by atoms with Gasteiger partial charge in [-0.05, 0) is 29.8 Å². The molecule has 94 valence electrons. The van der Waals surface area contributed by atoms with E-state index < -0.39 is 0 Å². The first-order valence-corrected chi connectivity index (χ1v) is 6.73. The van der Waals surface area contributed by atoms with Gasteiger partial charge >= 0.3 is 0 Å². The van der Waals surface area contributed by atoms with Gasteiger partial charge in [0, 0.05) is 15.7 Å². The number of amides is 1. The summed E-state index contributed by atoms with van der Waals surface area (Å²) in [7, 11) is 0. The molecule has 2 aromatic carbocycles. The van der Waals surface area contributed by atoms with E-state index in [1.165, 1.54) is 0 Å². The number of fused-ring (bicyclic) bond motifs is 1. The zero-order chi connectivity index (χ0) is 13.2. The number of nitrogens with zero attached hydrogens (tertiary/aromatic N) is 1. The molecule has 0 saturated heterocycles. The fourth-order valence-electron chi connectivity index (χ4n) is 2.06. The number of rotatable bonds is 2. The second-order valence-electron chi connectivity index (χ2n) is 4.29. The Morgan fingerprint density at radius 3 is 2.74 bits per heavy atom. The van der Waals surface area contributed by atoms with E-state index >= 15 is 0 Å². The number of nitrogens with one attached hydrogen (secondary N) is 1. The molecule has 0 bridgehead atoms. The van der Waals surface area contributed by atoms with Gasteiger partial charge in [-0.25, -0.2) is 0 Å². The topological polar surface area (TPSA) is 41.5 Å². The van der Waals surface area contributed by atoms with E-state index in [1.807, 2.05) is 48.5 Å². The molecule has 1 amide bonds. The Morgan fingerprint density at radius 1 is 1.16 bits per heavy atom. The Morgan fingerprint density at radius 2 is 1.95 bits per heavy atom. The van der Waals surface area contributed by atoms with Crippen molar-refractivity contribution in [1.82, 2.24) is 0 Å². The van der Waals surface area contributed by atoms with Crippen LogP contribution in [-0.4, -0.2) is 11.6 Å². The first kappa shape index (κ1) is 12.1. The molecule has 1 heterocycles. The molecule has 3 nitrogen and oxygen atoms in total. The van der Waals surface area contributed by atoms with Crippen molar-refractivity contribution < 1.29 is 4.79 Å². The molecule has 0 atom stereocenters. The number of hydrogen-bond donors (Lipinski definition) is 1. The van der Waals surface area contributed by atoms with Crippen molar-refractivity contribution in [1.29, 1.82) is 0 Å². The van der Waals surface area contributed by atoms with Crippen molar-refractivity contribution in [3.8, 4) is 0 Å². The normalized spacial score (nSPS) is 12.8. The van der Waals surface area contributed by atoms with Crippen molar-refractivity contribution in [2.45, 2.75) is 6.54 Å². The van der Waals surface area contributed by atoms with Crippen LogP contribution < -0.4 is 5.32 Å². The molecule has 1 N–H and O–H groups in total. The Balaban J connectivity index is 1.86. The number of halogens is 1. The quantitative estimate of drug-likeness (QED) is 0.907. The van der Waals surface area contributed by atoms with Gasteiger partial charge in [0.15, 0.2) is 0 Å². The van der Waals surface area contributed by atoms with Gasteiger partial charge < -0.3 is 5.32 Å². The van der Waals surface area contributed by atoms with E-state index in [2.05, 4.69) is 26.2 Å². The van der Waals surface area contributed by atoms with Crippen molar-refractivity contribution in [2.75, 3.05) is 5.32 Å². The molecule has 0 spiro atoms. The highest BCUT2D eigenvalue weighted by Gasteiger charge is 2.22. The number of hydrogen-bond acceptors (Lipinski definition) is 2. The zero-order valence-electron chi connectivity index (χ0n) is 10.1. The maximum absolute atomic E-state index is 12.2. The first-order valence-electron chi connectivity index (χ1n) is 5.94. The van der Waals surface area contributed by atoms with Crippen LogP contribution in [0.15, 0.2) is 58.0 Å². The maximum Gasteiger partial charge on any atom is 0.274 e. The predicted octanol–water partition coefficient (Wildman–Crippen LogP) is 3.39. The van der Waals surface area contributed by atoms with Crippen LogP contribution in [0, 0.1) is 0 Å². The average Bonchev–Trinajstić information content (AvgIpc) is 2.82. The van der Waals surface area contributed by atoms with E-state index in [1.54, 1.807) is 0 Å². The molecule has 0 saturated carbocycles. The van der Waals surface area contributed by atoms with Crippen molar-refractivity contribution >= 4 is 33.2 Å². The van der Waals surface area contributed by atoms with Crippen LogP contribution in [0.4, 0.5) is 5.69 Å². The summed E-state index contributed by atoms with van der Waals surface area (Å²) in [5.41, 5.74) is 3.27. The smallest absolute Gasteiger partial charge is 0.274 e. The summed E-state index contributed by atoms with van der Waals surface area (Å²) in [4.78, 5) is 16.6. The van der Waals surface area contributed by atoms with Gasteiger partial charge in [-0.2, -0.15) is 0 Å². The first-order chi connectivity index (χ1) is 9.24. The van der Waals surface area contributed by atoms with Crippen LogP contribution in [-0.2, 0) is 11.3 Å². The second-order valence-corrected chi connectivity index (χ2v) is 5.20. The molecular formula is C15H11BrN2O. The molecule has 0 aromatic heterocycles. The number of anilines is 1. The summed E-state index contributed by atoms with van der Waals surface area (Å²) in [5.74, 6) is -0.164. The minimum atomic E-state index is -0.164. The van der Waals surface area contributed by atoms with Crippen LogP contribution >= 0.6 is 15.9 Å². The molecule has 1 aliphatic rings. The molecular weight excluding hydrogens is 304 g/mol. The largest absolute Gasteiger partial charge is 0.321 e. The van der Waals surface area contributed by atoms with Crippen LogP contribution in [0.2, 0.25) is 0 Å². The Bertz CT molecular complexity index is 665. The summed E-state index contributed by atoms with van der Waals surface area (Å²) in [6, 6.07) is 15.3. The third kappa shape index (κ3) is 2.44. The molecule has 0 aliphatic carbocycles. The van der Waals surface area contributed by atoms with Crippen molar-refractivity contribution in [3.05, 3.63) is 64.1 Å². The number of aliphatic imine (C=N–C) groups is 1. The summed E-state index contributed by atoms with van der Waals surface area (Å²) in [5, 5.41) is 2.86. The van der Waals surface area contributed by atoms with Crippen molar-refractivity contribution in [3.63, 3.8) is 0 Å². The van der Waals surface area contributed by atoms with Crippen LogP contribution in [0.3, 0.4) is 0 Å². The number of carbonyl (C=O) groups is 1. The Hall–Kier alpha value is -1.94. The fraction of sp³-hybridized carbons (Fsp3) is 0.0667. The molecule has 4 heteroatoms. The highest BCUT2D eigenvalue weighted by molar-refractivity contribution is 9.10. The molecule has 19 heavy (non-hydrogen) atoms. The van der Waals surface area contributed by atoms with Gasteiger partial charge in [0.25, 0.3) is 5.91 Å². The molecule has 0 radical (unpaired) electrons. The fourth-order valence-corrected chi connectivity index (χ4v) is 2.42. The second kappa shape index (κ2) is 4.97. The Kier molecular flexibility index (Phi) is 3.17. The lowest BCUT2D eigenvalue weighted by molar-refractivity contribution is -0.110. The lowest BCUT2D eigenvalue weighted by Crippen LogP contribution is -2.22. The SMILES string of the molecule is O=C(Nc1ccccc1)C1=NCc2ccc(Br)cc21. The van der Waals surface area contributed by atoms with E-state index in [-0.39, 0.29) is 5.91 Å². The molecule has 0 fully saturated rings. The molecule has 0 unspecified atom stereocenters. The van der Waals surface area contributed by atoms with Gasteiger partial charge in [0.1, 0.15) is 5.71 Å². The zero-order valence-corrected chi connectivity index (χ0v) is 11.6. The van der Waals surface area contributed by atoms with E-state index in [9.17, 15) is 4.79 Å².